The van der Waals surface area contributed by atoms with Crippen molar-refractivity contribution in [3.8, 4) is 5.69 Å². The largest absolute Gasteiger partial charge is 0.396 e. The molecule has 0 bridgehead atoms. The molecule has 1 aromatic heterocycles. The molecule has 122 valence electrons. The van der Waals surface area contributed by atoms with E-state index in [1.807, 2.05) is 61.5 Å². The molecule has 6 heteroatoms. The summed E-state index contributed by atoms with van der Waals surface area (Å²) in [7, 11) is 0. The molecule has 0 aliphatic carbocycles. The number of anilines is 1. The van der Waals surface area contributed by atoms with Crippen molar-refractivity contribution in [2.45, 2.75) is 13.3 Å². The number of hydrogen-bond acceptors (Lipinski definition) is 5. The van der Waals surface area contributed by atoms with E-state index in [9.17, 15) is 0 Å². The number of aryl methyl sites for hydroxylation is 1. The lowest BCUT2D eigenvalue weighted by atomic mass is 10.1. The normalized spacial score (nSPS) is 11.2. The predicted octanol–water partition coefficient (Wildman–Crippen LogP) is 3.71. The van der Waals surface area contributed by atoms with Crippen molar-refractivity contribution in [1.29, 1.82) is 0 Å². The molecule has 0 spiro atoms. The Hall–Kier alpha value is -2.99. The number of azo groups is 1. The topological polar surface area (TPSA) is 88.8 Å². The van der Waals surface area contributed by atoms with Crippen LogP contribution in [0.3, 0.4) is 0 Å². The van der Waals surface area contributed by atoms with Gasteiger partial charge in [-0.15, -0.1) is 5.11 Å². The highest BCUT2D eigenvalue weighted by atomic mass is 16.2. The van der Waals surface area contributed by atoms with E-state index in [1.54, 1.807) is 4.68 Å². The van der Waals surface area contributed by atoms with E-state index in [1.165, 1.54) is 0 Å². The second-order valence-electron chi connectivity index (χ2n) is 5.41. The molecular weight excluding hydrogens is 302 g/mol. The third kappa shape index (κ3) is 3.33. The van der Waals surface area contributed by atoms with Crippen LogP contribution in [-0.4, -0.2) is 21.5 Å². The number of hydrogen-bond donors (Lipinski definition) is 2. The van der Waals surface area contributed by atoms with Crippen LogP contribution < -0.4 is 5.73 Å². The average Bonchev–Trinajstić information content (AvgIpc) is 2.90. The van der Waals surface area contributed by atoms with Gasteiger partial charge in [-0.05, 0) is 43.2 Å². The number of para-hydroxylation sites is 1. The summed E-state index contributed by atoms with van der Waals surface area (Å²) in [4.78, 5) is 0. The third-order valence-electron chi connectivity index (χ3n) is 3.67. The number of aliphatic hydroxyl groups excluding tert-OH is 1. The SMILES string of the molecule is Cc1nn(-c2ccccc2)c(N)c1N=Nc1ccc(CCO)cc1. The Balaban J connectivity index is 1.86. The molecule has 0 amide bonds. The zero-order chi connectivity index (χ0) is 16.9. The smallest absolute Gasteiger partial charge is 0.155 e. The van der Waals surface area contributed by atoms with E-state index >= 15 is 0 Å². The van der Waals surface area contributed by atoms with Crippen molar-refractivity contribution < 1.29 is 5.11 Å². The summed E-state index contributed by atoms with van der Waals surface area (Å²) in [5.74, 6) is 0.458. The summed E-state index contributed by atoms with van der Waals surface area (Å²) >= 11 is 0. The molecule has 2 aromatic carbocycles. The molecule has 0 atom stereocenters. The Morgan fingerprint density at radius 3 is 2.42 bits per heavy atom. The van der Waals surface area contributed by atoms with E-state index in [4.69, 9.17) is 10.8 Å². The highest BCUT2D eigenvalue weighted by molar-refractivity contribution is 5.64. The van der Waals surface area contributed by atoms with Gasteiger partial charge in [-0.2, -0.15) is 10.2 Å². The van der Waals surface area contributed by atoms with Gasteiger partial charge in [0.25, 0.3) is 0 Å². The molecule has 0 fully saturated rings. The van der Waals surface area contributed by atoms with E-state index in [2.05, 4.69) is 15.3 Å². The molecule has 1 heterocycles. The van der Waals surface area contributed by atoms with Gasteiger partial charge in [-0.1, -0.05) is 30.3 Å². The summed E-state index contributed by atoms with van der Waals surface area (Å²) in [5.41, 5.74) is 10.1. The fraction of sp³-hybridized carbons (Fsp3) is 0.167. The van der Waals surface area contributed by atoms with Gasteiger partial charge in [-0.3, -0.25) is 0 Å². The van der Waals surface area contributed by atoms with E-state index in [-0.39, 0.29) is 6.61 Å². The van der Waals surface area contributed by atoms with Crippen LogP contribution >= 0.6 is 0 Å². The minimum Gasteiger partial charge on any atom is -0.396 e. The molecule has 0 saturated carbocycles. The molecule has 3 N–H and O–H groups in total. The van der Waals surface area contributed by atoms with Gasteiger partial charge in [0, 0.05) is 6.61 Å². The Labute approximate surface area is 140 Å². The quantitative estimate of drug-likeness (QED) is 0.702. The van der Waals surface area contributed by atoms with Gasteiger partial charge in [0.1, 0.15) is 0 Å². The van der Waals surface area contributed by atoms with Crippen molar-refractivity contribution in [3.05, 3.63) is 65.9 Å². The van der Waals surface area contributed by atoms with Crippen LogP contribution in [0.4, 0.5) is 17.2 Å². The lowest BCUT2D eigenvalue weighted by Crippen LogP contribution is -2.01. The Morgan fingerprint density at radius 1 is 1.04 bits per heavy atom. The van der Waals surface area contributed by atoms with Crippen molar-refractivity contribution in [1.82, 2.24) is 9.78 Å². The second kappa shape index (κ2) is 7.06. The highest BCUT2D eigenvalue weighted by Gasteiger charge is 2.13. The molecule has 3 aromatic rings. The summed E-state index contributed by atoms with van der Waals surface area (Å²) in [6, 6.07) is 17.2. The highest BCUT2D eigenvalue weighted by Crippen LogP contribution is 2.30. The zero-order valence-electron chi connectivity index (χ0n) is 13.4. The average molecular weight is 321 g/mol. The lowest BCUT2D eigenvalue weighted by molar-refractivity contribution is 0.299. The van der Waals surface area contributed by atoms with Crippen molar-refractivity contribution in [2.75, 3.05) is 12.3 Å². The summed E-state index contributed by atoms with van der Waals surface area (Å²) in [6.07, 6.45) is 0.632. The molecule has 0 unspecified atom stereocenters. The summed E-state index contributed by atoms with van der Waals surface area (Å²) < 4.78 is 1.66. The van der Waals surface area contributed by atoms with E-state index in [0.717, 1.165) is 22.6 Å². The molecule has 0 radical (unpaired) electrons. The number of aliphatic hydroxyl groups is 1. The maximum absolute atomic E-state index is 8.93. The number of benzene rings is 2. The Bertz CT molecular complexity index is 838. The molecule has 0 aliphatic rings. The monoisotopic (exact) mass is 321 g/mol. The first-order valence-electron chi connectivity index (χ1n) is 7.71. The van der Waals surface area contributed by atoms with Crippen LogP contribution in [0.1, 0.15) is 11.3 Å². The number of nitrogens with two attached hydrogens (primary N) is 1. The number of rotatable bonds is 5. The first kappa shape index (κ1) is 15.9. The minimum absolute atomic E-state index is 0.134. The number of nitrogens with zero attached hydrogens (tertiary/aromatic N) is 4. The van der Waals surface area contributed by atoms with Crippen molar-refractivity contribution >= 4 is 17.2 Å². The maximum atomic E-state index is 8.93. The fourth-order valence-corrected chi connectivity index (χ4v) is 2.39. The van der Waals surface area contributed by atoms with Crippen LogP contribution in [0.5, 0.6) is 0 Å². The standard InChI is InChI=1S/C18H19N5O/c1-13-17(18(19)23(22-13)16-5-3-2-4-6-16)21-20-15-9-7-14(8-10-15)11-12-24/h2-10,24H,11-12,19H2,1H3. The predicted molar refractivity (Wildman–Crippen MR) is 94.1 cm³/mol. The Kier molecular flexibility index (Phi) is 4.67. The summed E-state index contributed by atoms with van der Waals surface area (Å²) in [5, 5.41) is 21.9. The third-order valence-corrected chi connectivity index (χ3v) is 3.67. The molecule has 6 nitrogen and oxygen atoms in total. The van der Waals surface area contributed by atoms with Gasteiger partial charge < -0.3 is 10.8 Å². The number of aromatic nitrogens is 2. The van der Waals surface area contributed by atoms with Crippen molar-refractivity contribution in [3.63, 3.8) is 0 Å². The molecular formula is C18H19N5O. The van der Waals surface area contributed by atoms with Gasteiger partial charge in [0.15, 0.2) is 11.5 Å². The van der Waals surface area contributed by atoms with Crippen LogP contribution in [-0.2, 0) is 6.42 Å². The van der Waals surface area contributed by atoms with Gasteiger partial charge in [0.2, 0.25) is 0 Å². The fourth-order valence-electron chi connectivity index (χ4n) is 2.39. The molecule has 0 aliphatic heterocycles. The number of nitrogen functional groups attached to an aromatic ring is 1. The van der Waals surface area contributed by atoms with Gasteiger partial charge in [0.05, 0.1) is 17.1 Å². The van der Waals surface area contributed by atoms with Crippen LogP contribution in [0, 0.1) is 6.92 Å². The van der Waals surface area contributed by atoms with Crippen LogP contribution in [0.15, 0.2) is 64.8 Å². The Morgan fingerprint density at radius 2 is 1.75 bits per heavy atom. The van der Waals surface area contributed by atoms with Gasteiger partial charge in [-0.25, -0.2) is 4.68 Å². The van der Waals surface area contributed by atoms with E-state index in [0.29, 0.717) is 17.9 Å². The van der Waals surface area contributed by atoms with Crippen LogP contribution in [0.25, 0.3) is 5.69 Å². The summed E-state index contributed by atoms with van der Waals surface area (Å²) in [6.45, 7) is 1.99. The molecule has 0 saturated heterocycles. The van der Waals surface area contributed by atoms with E-state index < -0.39 is 0 Å². The molecule has 3 rings (SSSR count). The first-order valence-corrected chi connectivity index (χ1v) is 7.71. The van der Waals surface area contributed by atoms with Gasteiger partial charge >= 0.3 is 0 Å². The minimum atomic E-state index is 0.134. The zero-order valence-corrected chi connectivity index (χ0v) is 13.4. The maximum Gasteiger partial charge on any atom is 0.155 e. The van der Waals surface area contributed by atoms with Crippen molar-refractivity contribution in [2.24, 2.45) is 10.2 Å². The van der Waals surface area contributed by atoms with Crippen LogP contribution in [0.2, 0.25) is 0 Å². The molecule has 24 heavy (non-hydrogen) atoms. The second-order valence-corrected chi connectivity index (χ2v) is 5.41. The first-order chi connectivity index (χ1) is 11.7. The lowest BCUT2D eigenvalue weighted by Gasteiger charge is -2.02.